The number of ether oxygens (including phenoxy) is 1. The molecule has 0 radical (unpaired) electrons. The van der Waals surface area contributed by atoms with Crippen LogP contribution in [0.3, 0.4) is 0 Å². The van der Waals surface area contributed by atoms with Crippen LogP contribution in [-0.2, 0) is 11.3 Å². The lowest BCUT2D eigenvalue weighted by Crippen LogP contribution is -2.48. The van der Waals surface area contributed by atoms with Gasteiger partial charge in [-0.05, 0) is 42.3 Å². The van der Waals surface area contributed by atoms with Gasteiger partial charge in [0.2, 0.25) is 5.91 Å². The summed E-state index contributed by atoms with van der Waals surface area (Å²) < 4.78 is 5.56. The zero-order valence-electron chi connectivity index (χ0n) is 19.2. The molecular weight excluding hydrogens is 414 g/mol. The summed E-state index contributed by atoms with van der Waals surface area (Å²) in [6, 6.07) is 17.5. The maximum absolute atomic E-state index is 12.7. The van der Waals surface area contributed by atoms with E-state index in [1.807, 2.05) is 29.3 Å². The molecule has 3 aromatic rings. The quantitative estimate of drug-likeness (QED) is 0.459. The number of carbonyl (C=O) groups excluding carboxylic acids is 2. The molecule has 6 heteroatoms. The zero-order chi connectivity index (χ0) is 23.0. The number of fused-ring (bicyclic) bond motifs is 1. The first-order valence-electron chi connectivity index (χ1n) is 11.7. The van der Waals surface area contributed by atoms with E-state index in [1.54, 1.807) is 12.1 Å². The average molecular weight is 446 g/mol. The fourth-order valence-electron chi connectivity index (χ4n) is 4.17. The first-order chi connectivity index (χ1) is 16.1. The van der Waals surface area contributed by atoms with Gasteiger partial charge in [0.1, 0.15) is 5.75 Å². The molecule has 0 unspecified atom stereocenters. The lowest BCUT2D eigenvalue weighted by Gasteiger charge is -2.35. The Morgan fingerprint density at radius 3 is 2.45 bits per heavy atom. The molecule has 0 atom stereocenters. The van der Waals surface area contributed by atoms with Crippen molar-refractivity contribution in [2.75, 3.05) is 32.8 Å². The van der Waals surface area contributed by atoms with E-state index < -0.39 is 0 Å². The Morgan fingerprint density at radius 1 is 0.939 bits per heavy atom. The van der Waals surface area contributed by atoms with Gasteiger partial charge in [0, 0.05) is 62.7 Å². The highest BCUT2D eigenvalue weighted by Gasteiger charge is 2.22. The highest BCUT2D eigenvalue weighted by Crippen LogP contribution is 2.19. The molecular formula is C27H31N3O3. The molecule has 1 aliphatic rings. The van der Waals surface area contributed by atoms with Crippen LogP contribution in [0.2, 0.25) is 0 Å². The van der Waals surface area contributed by atoms with Gasteiger partial charge < -0.3 is 9.64 Å². The van der Waals surface area contributed by atoms with Crippen molar-refractivity contribution in [3.8, 4) is 5.75 Å². The molecule has 0 saturated carbocycles. The molecule has 172 valence electrons. The summed E-state index contributed by atoms with van der Waals surface area (Å²) in [5.74, 6) is 0.812. The van der Waals surface area contributed by atoms with Crippen molar-refractivity contribution in [2.24, 2.45) is 0 Å². The maximum atomic E-state index is 12.7. The average Bonchev–Trinajstić information content (AvgIpc) is 2.87. The van der Waals surface area contributed by atoms with Gasteiger partial charge in [-0.2, -0.15) is 0 Å². The summed E-state index contributed by atoms with van der Waals surface area (Å²) in [7, 11) is 0. The third-order valence-corrected chi connectivity index (χ3v) is 6.05. The number of hydrogen-bond donors (Lipinski definition) is 0. The molecule has 0 bridgehead atoms. The predicted molar refractivity (Wildman–Crippen MR) is 129 cm³/mol. The van der Waals surface area contributed by atoms with E-state index in [2.05, 4.69) is 41.1 Å². The van der Waals surface area contributed by atoms with Gasteiger partial charge in [-0.25, -0.2) is 0 Å². The zero-order valence-corrected chi connectivity index (χ0v) is 19.2. The van der Waals surface area contributed by atoms with Crippen molar-refractivity contribution in [1.29, 1.82) is 0 Å². The number of piperazine rings is 1. The molecule has 2 heterocycles. The van der Waals surface area contributed by atoms with Crippen molar-refractivity contribution >= 4 is 22.6 Å². The number of hydrogen-bond acceptors (Lipinski definition) is 5. The van der Waals surface area contributed by atoms with Gasteiger partial charge in [0.25, 0.3) is 0 Å². The van der Waals surface area contributed by atoms with Gasteiger partial charge in [0.05, 0.1) is 12.1 Å². The van der Waals surface area contributed by atoms with Gasteiger partial charge in [-0.1, -0.05) is 31.2 Å². The fraction of sp³-hybridized carbons (Fsp3) is 0.370. The first-order valence-corrected chi connectivity index (χ1v) is 11.7. The molecule has 1 aliphatic heterocycles. The first kappa shape index (κ1) is 22.9. The maximum Gasteiger partial charge on any atom is 0.223 e. The third-order valence-electron chi connectivity index (χ3n) is 6.05. The van der Waals surface area contributed by atoms with Crippen LogP contribution in [0.1, 0.15) is 42.1 Å². The molecule has 2 aromatic carbocycles. The Balaban J connectivity index is 1.23. The number of aromatic nitrogens is 1. The number of para-hydroxylation sites is 1. The van der Waals surface area contributed by atoms with Gasteiger partial charge >= 0.3 is 0 Å². The van der Waals surface area contributed by atoms with E-state index in [0.29, 0.717) is 25.3 Å². The standard InChI is InChI=1S/C27H31N3O3/c1-2-19-33-24-10-8-21(9-11-24)25(31)12-13-26(32)30-17-15-29(16-18-30)20-23-6-3-5-22-7-4-14-28-27(22)23/h3-11,14H,2,12-13,15-20H2,1H3. The van der Waals surface area contributed by atoms with E-state index in [-0.39, 0.29) is 24.5 Å². The summed E-state index contributed by atoms with van der Waals surface area (Å²) in [5, 5.41) is 1.15. The van der Waals surface area contributed by atoms with E-state index >= 15 is 0 Å². The van der Waals surface area contributed by atoms with E-state index in [9.17, 15) is 9.59 Å². The second kappa shape index (κ2) is 11.1. The Labute approximate surface area is 195 Å². The van der Waals surface area contributed by atoms with Gasteiger partial charge in [-0.15, -0.1) is 0 Å². The van der Waals surface area contributed by atoms with Crippen LogP contribution >= 0.6 is 0 Å². The van der Waals surface area contributed by atoms with Crippen molar-refractivity contribution < 1.29 is 14.3 Å². The summed E-state index contributed by atoms with van der Waals surface area (Å²) in [6.07, 6.45) is 3.26. The summed E-state index contributed by atoms with van der Waals surface area (Å²) >= 11 is 0. The van der Waals surface area contributed by atoms with Crippen molar-refractivity contribution in [2.45, 2.75) is 32.7 Å². The number of amides is 1. The smallest absolute Gasteiger partial charge is 0.223 e. The van der Waals surface area contributed by atoms with Crippen LogP contribution in [0.5, 0.6) is 5.75 Å². The van der Waals surface area contributed by atoms with Gasteiger partial charge in [0.15, 0.2) is 5.78 Å². The van der Waals surface area contributed by atoms with E-state index in [4.69, 9.17) is 4.74 Å². The second-order valence-electron chi connectivity index (χ2n) is 8.45. The number of benzene rings is 2. The number of carbonyl (C=O) groups is 2. The normalized spacial score (nSPS) is 14.4. The number of pyridine rings is 1. The molecule has 4 rings (SSSR count). The van der Waals surface area contributed by atoms with Crippen LogP contribution in [-0.4, -0.2) is 59.3 Å². The number of rotatable bonds is 9. The summed E-state index contributed by atoms with van der Waals surface area (Å²) in [5.41, 5.74) is 2.88. The van der Waals surface area contributed by atoms with Crippen LogP contribution in [0.4, 0.5) is 0 Å². The monoisotopic (exact) mass is 445 g/mol. The number of nitrogens with zero attached hydrogens (tertiary/aromatic N) is 3. The lowest BCUT2D eigenvalue weighted by atomic mass is 10.1. The third kappa shape index (κ3) is 5.96. The minimum absolute atomic E-state index is 0.00696. The van der Waals surface area contributed by atoms with Crippen molar-refractivity contribution in [3.63, 3.8) is 0 Å². The molecule has 1 fully saturated rings. The van der Waals surface area contributed by atoms with E-state index in [1.165, 1.54) is 5.56 Å². The Hall–Kier alpha value is -3.25. The molecule has 6 nitrogen and oxygen atoms in total. The van der Waals surface area contributed by atoms with Crippen LogP contribution in [0.15, 0.2) is 60.8 Å². The SMILES string of the molecule is CCCOc1ccc(C(=O)CCC(=O)N2CCN(Cc3cccc4cccnc34)CC2)cc1. The lowest BCUT2D eigenvalue weighted by molar-refractivity contribution is -0.132. The van der Waals surface area contributed by atoms with Crippen LogP contribution in [0.25, 0.3) is 10.9 Å². The largest absolute Gasteiger partial charge is 0.494 e. The van der Waals surface area contributed by atoms with E-state index in [0.717, 1.165) is 42.7 Å². The number of ketones is 1. The molecule has 1 saturated heterocycles. The highest BCUT2D eigenvalue weighted by molar-refractivity contribution is 5.98. The molecule has 0 N–H and O–H groups in total. The minimum Gasteiger partial charge on any atom is -0.494 e. The number of Topliss-reactive ketones (excluding diaryl/α,β-unsaturated/α-hetero) is 1. The van der Waals surface area contributed by atoms with Gasteiger partial charge in [-0.3, -0.25) is 19.5 Å². The Kier molecular flexibility index (Phi) is 7.68. The summed E-state index contributed by atoms with van der Waals surface area (Å²) in [6.45, 7) is 6.56. The minimum atomic E-state index is -0.00696. The fourth-order valence-corrected chi connectivity index (χ4v) is 4.17. The highest BCUT2D eigenvalue weighted by atomic mass is 16.5. The predicted octanol–water partition coefficient (Wildman–Crippen LogP) is 4.33. The molecule has 33 heavy (non-hydrogen) atoms. The molecule has 1 amide bonds. The van der Waals surface area contributed by atoms with Crippen LogP contribution in [0, 0.1) is 0 Å². The van der Waals surface area contributed by atoms with Crippen molar-refractivity contribution in [3.05, 3.63) is 71.9 Å². The molecule has 0 aliphatic carbocycles. The molecule has 1 aromatic heterocycles. The van der Waals surface area contributed by atoms with Crippen molar-refractivity contribution in [1.82, 2.24) is 14.8 Å². The summed E-state index contributed by atoms with van der Waals surface area (Å²) in [4.78, 5) is 34.0. The Bertz CT molecular complexity index is 1080. The topological polar surface area (TPSA) is 62.7 Å². The molecule has 0 spiro atoms. The Morgan fingerprint density at radius 2 is 1.70 bits per heavy atom. The van der Waals surface area contributed by atoms with Crippen LogP contribution < -0.4 is 4.74 Å². The second-order valence-corrected chi connectivity index (χ2v) is 8.45.